The Morgan fingerprint density at radius 3 is 1.50 bits per heavy atom. The number of nitrogens with one attached hydrogen (secondary N) is 4. The van der Waals surface area contributed by atoms with Crippen LogP contribution in [-0.2, 0) is 0 Å². The molecule has 0 saturated heterocycles. The number of nitrogens with zero attached hydrogens (tertiary/aromatic N) is 1. The van der Waals surface area contributed by atoms with Crippen LogP contribution in [0.25, 0.3) is 21.8 Å². The molecule has 0 radical (unpaired) electrons. The minimum atomic E-state index is -0.384. The van der Waals surface area contributed by atoms with Crippen LogP contribution in [0.15, 0.2) is 54.6 Å². The third-order valence-electron chi connectivity index (χ3n) is 6.40. The number of hydrogen-bond donors (Lipinski definition) is 4. The third-order valence-corrected chi connectivity index (χ3v) is 6.40. The summed E-state index contributed by atoms with van der Waals surface area (Å²) in [4.78, 5) is 36.9. The number of benzene rings is 2. The maximum absolute atomic E-state index is 13.0. The number of para-hydroxylation sites is 2. The van der Waals surface area contributed by atoms with E-state index in [-0.39, 0.29) is 23.2 Å². The number of H-pyrrole nitrogens is 2. The van der Waals surface area contributed by atoms with E-state index >= 15 is 0 Å². The number of carbonyl (C=O) groups is 2. The summed E-state index contributed by atoms with van der Waals surface area (Å²) in [6, 6.07) is 16.4. The zero-order valence-corrected chi connectivity index (χ0v) is 19.5. The first kappa shape index (κ1) is 21.5. The van der Waals surface area contributed by atoms with Crippen molar-refractivity contribution < 1.29 is 9.59 Å². The van der Waals surface area contributed by atoms with Crippen LogP contribution < -0.4 is 10.6 Å². The summed E-state index contributed by atoms with van der Waals surface area (Å²) in [5.74, 6) is -0.769. The molecule has 7 heteroatoms. The number of anilines is 2. The highest BCUT2D eigenvalue weighted by molar-refractivity contribution is 6.10. The predicted octanol–water partition coefficient (Wildman–Crippen LogP) is 5.78. The van der Waals surface area contributed by atoms with Gasteiger partial charge >= 0.3 is 0 Å². The van der Waals surface area contributed by atoms with Crippen LogP contribution in [0.2, 0.25) is 0 Å². The van der Waals surface area contributed by atoms with E-state index in [0.29, 0.717) is 11.4 Å². The Kier molecular flexibility index (Phi) is 5.17. The summed E-state index contributed by atoms with van der Waals surface area (Å²) in [5.41, 5.74) is 7.78. The fourth-order valence-electron chi connectivity index (χ4n) is 4.23. The Bertz CT molecular complexity index is 1480. The van der Waals surface area contributed by atoms with E-state index in [1.807, 2.05) is 64.1 Å². The molecule has 3 aromatic heterocycles. The van der Waals surface area contributed by atoms with Gasteiger partial charge in [-0.15, -0.1) is 0 Å². The molecule has 3 heterocycles. The van der Waals surface area contributed by atoms with Crippen LogP contribution >= 0.6 is 0 Å². The van der Waals surface area contributed by atoms with E-state index < -0.39 is 0 Å². The predicted molar refractivity (Wildman–Crippen MR) is 136 cm³/mol. The minimum absolute atomic E-state index is 0.162. The molecule has 7 nitrogen and oxygen atoms in total. The second-order valence-electron chi connectivity index (χ2n) is 8.52. The van der Waals surface area contributed by atoms with E-state index in [0.717, 1.165) is 44.3 Å². The van der Waals surface area contributed by atoms with Gasteiger partial charge in [0.15, 0.2) is 0 Å². The van der Waals surface area contributed by atoms with Gasteiger partial charge in [0.05, 0.1) is 22.4 Å². The van der Waals surface area contributed by atoms with Gasteiger partial charge in [-0.05, 0) is 63.1 Å². The lowest BCUT2D eigenvalue weighted by Gasteiger charge is -2.09. The Balaban J connectivity index is 1.40. The standard InChI is InChI=1S/C27H25N5O2/c1-14-16(3)28-24-18(14)8-5-10-20(24)31-26(33)22-12-7-13-23(30-22)27(34)32-21-11-6-9-19-15(2)17(4)29-25(19)21/h5-13,28-29H,1-4H3,(H,31,33)(H,32,34). The molecule has 0 aliphatic heterocycles. The van der Waals surface area contributed by atoms with E-state index in [1.165, 1.54) is 0 Å². The van der Waals surface area contributed by atoms with Gasteiger partial charge in [0.1, 0.15) is 11.4 Å². The zero-order chi connectivity index (χ0) is 24.0. The molecular weight excluding hydrogens is 426 g/mol. The van der Waals surface area contributed by atoms with E-state index in [2.05, 4.69) is 25.6 Å². The van der Waals surface area contributed by atoms with Crippen LogP contribution in [0.1, 0.15) is 43.5 Å². The summed E-state index contributed by atoms with van der Waals surface area (Å²) in [5, 5.41) is 7.95. The number of aromatic nitrogens is 3. The van der Waals surface area contributed by atoms with Gasteiger partial charge in [0.25, 0.3) is 11.8 Å². The lowest BCUT2D eigenvalue weighted by molar-refractivity contribution is 0.101. The number of aromatic amines is 2. The molecule has 2 amide bonds. The van der Waals surface area contributed by atoms with Crippen molar-refractivity contribution in [2.45, 2.75) is 27.7 Å². The fourth-order valence-corrected chi connectivity index (χ4v) is 4.23. The normalized spacial score (nSPS) is 11.2. The molecule has 5 aromatic rings. The molecule has 0 spiro atoms. The second kappa shape index (κ2) is 8.19. The van der Waals surface area contributed by atoms with Gasteiger partial charge in [-0.1, -0.05) is 30.3 Å². The van der Waals surface area contributed by atoms with E-state index in [4.69, 9.17) is 0 Å². The first-order valence-electron chi connectivity index (χ1n) is 11.1. The third kappa shape index (κ3) is 3.61. The fraction of sp³-hybridized carbons (Fsp3) is 0.148. The average Bonchev–Trinajstić information content (AvgIpc) is 3.30. The van der Waals surface area contributed by atoms with Crippen molar-refractivity contribution in [3.63, 3.8) is 0 Å². The molecule has 0 unspecified atom stereocenters. The zero-order valence-electron chi connectivity index (χ0n) is 19.5. The molecule has 4 N–H and O–H groups in total. The SMILES string of the molecule is Cc1[nH]c2c(NC(=O)c3cccc(C(=O)Nc4cccc5c(C)c(C)[nH]c45)n3)cccc2c1C. The number of pyridine rings is 1. The minimum Gasteiger partial charge on any atom is -0.357 e. The monoisotopic (exact) mass is 451 g/mol. The molecule has 0 aliphatic rings. The Morgan fingerprint density at radius 1 is 0.647 bits per heavy atom. The van der Waals surface area contributed by atoms with Crippen LogP contribution in [0.4, 0.5) is 11.4 Å². The van der Waals surface area contributed by atoms with Gasteiger partial charge in [-0.2, -0.15) is 0 Å². The number of carbonyl (C=O) groups excluding carboxylic acids is 2. The summed E-state index contributed by atoms with van der Waals surface area (Å²) >= 11 is 0. The maximum Gasteiger partial charge on any atom is 0.274 e. The van der Waals surface area contributed by atoms with Crippen LogP contribution in [-0.4, -0.2) is 26.8 Å². The molecule has 0 saturated carbocycles. The highest BCUT2D eigenvalue weighted by atomic mass is 16.2. The summed E-state index contributed by atoms with van der Waals surface area (Å²) in [7, 11) is 0. The maximum atomic E-state index is 13.0. The Hall–Kier alpha value is -4.39. The van der Waals surface area contributed by atoms with Crippen molar-refractivity contribution in [3.8, 4) is 0 Å². The lowest BCUT2D eigenvalue weighted by Crippen LogP contribution is -2.18. The lowest BCUT2D eigenvalue weighted by atomic mass is 10.1. The Labute approximate surface area is 196 Å². The smallest absolute Gasteiger partial charge is 0.274 e. The molecule has 2 aromatic carbocycles. The molecule has 0 atom stereocenters. The van der Waals surface area contributed by atoms with Crippen molar-refractivity contribution in [2.75, 3.05) is 10.6 Å². The molecule has 170 valence electrons. The number of fused-ring (bicyclic) bond motifs is 2. The summed E-state index contributed by atoms with van der Waals surface area (Å²) < 4.78 is 0. The molecule has 0 fully saturated rings. The van der Waals surface area contributed by atoms with E-state index in [1.54, 1.807) is 18.2 Å². The van der Waals surface area contributed by atoms with Crippen molar-refractivity contribution in [1.82, 2.24) is 15.0 Å². The molecular formula is C27H25N5O2. The summed E-state index contributed by atoms with van der Waals surface area (Å²) in [6.07, 6.45) is 0. The van der Waals surface area contributed by atoms with Crippen LogP contribution in [0.5, 0.6) is 0 Å². The number of hydrogen-bond acceptors (Lipinski definition) is 3. The second-order valence-corrected chi connectivity index (χ2v) is 8.52. The van der Waals surface area contributed by atoms with Crippen molar-refractivity contribution in [3.05, 3.63) is 88.5 Å². The van der Waals surface area contributed by atoms with Gasteiger partial charge in [0, 0.05) is 22.2 Å². The van der Waals surface area contributed by atoms with Gasteiger partial charge in [-0.3, -0.25) is 9.59 Å². The number of amides is 2. The number of rotatable bonds is 4. The van der Waals surface area contributed by atoms with Crippen LogP contribution in [0.3, 0.4) is 0 Å². The van der Waals surface area contributed by atoms with Crippen molar-refractivity contribution >= 4 is 45.0 Å². The molecule has 34 heavy (non-hydrogen) atoms. The molecule has 0 aliphatic carbocycles. The van der Waals surface area contributed by atoms with E-state index in [9.17, 15) is 9.59 Å². The topological polar surface area (TPSA) is 103 Å². The van der Waals surface area contributed by atoms with Crippen molar-refractivity contribution in [2.24, 2.45) is 0 Å². The number of aryl methyl sites for hydroxylation is 4. The first-order valence-corrected chi connectivity index (χ1v) is 11.1. The largest absolute Gasteiger partial charge is 0.357 e. The molecule has 0 bridgehead atoms. The quantitative estimate of drug-likeness (QED) is 0.278. The summed E-state index contributed by atoms with van der Waals surface area (Å²) in [6.45, 7) is 8.08. The van der Waals surface area contributed by atoms with Gasteiger partial charge in [-0.25, -0.2) is 4.98 Å². The van der Waals surface area contributed by atoms with Crippen LogP contribution in [0, 0.1) is 27.7 Å². The molecule has 5 rings (SSSR count). The van der Waals surface area contributed by atoms with Gasteiger partial charge < -0.3 is 20.6 Å². The highest BCUT2D eigenvalue weighted by Gasteiger charge is 2.16. The Morgan fingerprint density at radius 2 is 1.06 bits per heavy atom. The first-order chi connectivity index (χ1) is 16.3. The van der Waals surface area contributed by atoms with Crippen molar-refractivity contribution in [1.29, 1.82) is 0 Å². The average molecular weight is 452 g/mol. The highest BCUT2D eigenvalue weighted by Crippen LogP contribution is 2.29. The van der Waals surface area contributed by atoms with Gasteiger partial charge in [0.2, 0.25) is 0 Å².